The van der Waals surface area contributed by atoms with Crippen molar-refractivity contribution in [1.29, 1.82) is 0 Å². The molecular weight excluding hydrogens is 339 g/mol. The molecule has 2 aromatic carbocycles. The van der Waals surface area contributed by atoms with Gasteiger partial charge in [0.2, 0.25) is 5.91 Å². The van der Waals surface area contributed by atoms with Crippen LogP contribution in [-0.2, 0) is 4.79 Å². The van der Waals surface area contributed by atoms with Gasteiger partial charge in [-0.05, 0) is 49.6 Å². The highest BCUT2D eigenvalue weighted by Gasteiger charge is 2.14. The molecule has 6 heteroatoms. The summed E-state index contributed by atoms with van der Waals surface area (Å²) in [7, 11) is 0. The Morgan fingerprint density at radius 1 is 1.18 bits per heavy atom. The van der Waals surface area contributed by atoms with E-state index in [1.807, 2.05) is 30.5 Å². The van der Waals surface area contributed by atoms with Gasteiger partial charge < -0.3 is 10.6 Å². The molecule has 2 aromatic rings. The molecule has 0 unspecified atom stereocenters. The summed E-state index contributed by atoms with van der Waals surface area (Å²) in [6.07, 6.45) is 2.01. The minimum absolute atomic E-state index is 0.182. The number of amides is 1. The van der Waals surface area contributed by atoms with E-state index in [1.165, 1.54) is 0 Å². The van der Waals surface area contributed by atoms with Gasteiger partial charge in [-0.2, -0.15) is 0 Å². The number of carbonyl (C=O) groups is 1. The van der Waals surface area contributed by atoms with Crippen LogP contribution in [0.15, 0.2) is 47.4 Å². The Morgan fingerprint density at radius 3 is 2.68 bits per heavy atom. The van der Waals surface area contributed by atoms with Crippen LogP contribution in [0.1, 0.15) is 6.92 Å². The number of halogens is 2. The largest absolute Gasteiger partial charge is 0.374 e. The first kappa shape index (κ1) is 17.0. The summed E-state index contributed by atoms with van der Waals surface area (Å²) in [5, 5.41) is 6.92. The molecule has 0 spiro atoms. The van der Waals surface area contributed by atoms with Gasteiger partial charge in [0.25, 0.3) is 0 Å². The van der Waals surface area contributed by atoms with Gasteiger partial charge in [0.15, 0.2) is 0 Å². The fourth-order valence-electron chi connectivity index (χ4n) is 1.86. The van der Waals surface area contributed by atoms with Crippen LogP contribution >= 0.6 is 35.0 Å². The molecule has 2 N–H and O–H groups in total. The van der Waals surface area contributed by atoms with Crippen LogP contribution in [-0.4, -0.2) is 18.2 Å². The van der Waals surface area contributed by atoms with Crippen LogP contribution < -0.4 is 10.6 Å². The minimum Gasteiger partial charge on any atom is -0.374 e. The Kier molecular flexibility index (Phi) is 6.00. The van der Waals surface area contributed by atoms with Crippen molar-refractivity contribution in [3.8, 4) is 0 Å². The molecule has 0 heterocycles. The van der Waals surface area contributed by atoms with Gasteiger partial charge in [0.05, 0.1) is 10.7 Å². The molecular formula is C16H16Cl2N2OS. The summed E-state index contributed by atoms with van der Waals surface area (Å²) in [5.74, 6) is -0.182. The van der Waals surface area contributed by atoms with Gasteiger partial charge in [-0.3, -0.25) is 4.79 Å². The van der Waals surface area contributed by atoms with Crippen molar-refractivity contribution < 1.29 is 4.79 Å². The van der Waals surface area contributed by atoms with E-state index >= 15 is 0 Å². The lowest BCUT2D eigenvalue weighted by atomic mass is 10.2. The van der Waals surface area contributed by atoms with Crippen molar-refractivity contribution >= 4 is 52.2 Å². The third-order valence-electron chi connectivity index (χ3n) is 3.03. The lowest BCUT2D eigenvalue weighted by molar-refractivity contribution is -0.116. The molecule has 0 aliphatic rings. The Bertz CT molecular complexity index is 679. The number of benzene rings is 2. The zero-order valence-electron chi connectivity index (χ0n) is 12.2. The van der Waals surface area contributed by atoms with Gasteiger partial charge in [0, 0.05) is 15.6 Å². The molecule has 0 fully saturated rings. The standard InChI is InChI=1S/C16H16Cl2N2OS/c1-10(19-12-4-3-5-13(9-12)22-2)16(21)20-15-8-11(17)6-7-14(15)18/h3-10,19H,1-2H3,(H,20,21)/t10-/m0/s1. The van der Waals surface area contributed by atoms with Crippen molar-refractivity contribution in [1.82, 2.24) is 0 Å². The maximum absolute atomic E-state index is 12.3. The lowest BCUT2D eigenvalue weighted by Crippen LogP contribution is -2.31. The molecule has 0 aliphatic carbocycles. The second-order valence-electron chi connectivity index (χ2n) is 4.71. The van der Waals surface area contributed by atoms with Crippen molar-refractivity contribution in [2.45, 2.75) is 17.9 Å². The van der Waals surface area contributed by atoms with E-state index < -0.39 is 6.04 Å². The number of rotatable bonds is 5. The topological polar surface area (TPSA) is 41.1 Å². The molecule has 1 amide bonds. The highest BCUT2D eigenvalue weighted by Crippen LogP contribution is 2.26. The highest BCUT2D eigenvalue weighted by molar-refractivity contribution is 7.98. The van der Waals surface area contributed by atoms with Crippen molar-refractivity contribution in [3.63, 3.8) is 0 Å². The number of anilines is 2. The summed E-state index contributed by atoms with van der Waals surface area (Å²) >= 11 is 13.6. The van der Waals surface area contributed by atoms with Crippen LogP contribution in [0.5, 0.6) is 0 Å². The van der Waals surface area contributed by atoms with E-state index in [-0.39, 0.29) is 5.91 Å². The van der Waals surface area contributed by atoms with E-state index in [9.17, 15) is 4.79 Å². The summed E-state index contributed by atoms with van der Waals surface area (Å²) in [6, 6.07) is 12.4. The molecule has 1 atom stereocenters. The molecule has 0 saturated heterocycles. The predicted molar refractivity (Wildman–Crippen MR) is 96.4 cm³/mol. The SMILES string of the molecule is CSc1cccc(N[C@@H](C)C(=O)Nc2cc(Cl)ccc2Cl)c1. The fraction of sp³-hybridized carbons (Fsp3) is 0.188. The number of nitrogens with one attached hydrogen (secondary N) is 2. The minimum atomic E-state index is -0.410. The molecule has 0 aliphatic heterocycles. The predicted octanol–water partition coefficient (Wildman–Crippen LogP) is 5.15. The van der Waals surface area contributed by atoms with Crippen LogP contribution in [0, 0.1) is 0 Å². The molecule has 22 heavy (non-hydrogen) atoms. The van der Waals surface area contributed by atoms with Crippen molar-refractivity contribution in [3.05, 3.63) is 52.5 Å². The summed E-state index contributed by atoms with van der Waals surface area (Å²) in [4.78, 5) is 13.4. The van der Waals surface area contributed by atoms with Gasteiger partial charge in [-0.25, -0.2) is 0 Å². The number of thioether (sulfide) groups is 1. The molecule has 0 bridgehead atoms. The third-order valence-corrected chi connectivity index (χ3v) is 4.32. The monoisotopic (exact) mass is 354 g/mol. The molecule has 3 nitrogen and oxygen atoms in total. The molecule has 0 radical (unpaired) electrons. The van der Waals surface area contributed by atoms with E-state index in [2.05, 4.69) is 10.6 Å². The van der Waals surface area contributed by atoms with Crippen LogP contribution in [0.4, 0.5) is 11.4 Å². The second-order valence-corrected chi connectivity index (χ2v) is 6.43. The Labute approximate surface area is 144 Å². The smallest absolute Gasteiger partial charge is 0.246 e. The van der Waals surface area contributed by atoms with Gasteiger partial charge in [-0.1, -0.05) is 29.3 Å². The zero-order chi connectivity index (χ0) is 16.1. The molecule has 2 rings (SSSR count). The number of carbonyl (C=O) groups excluding carboxylic acids is 1. The Hall–Kier alpha value is -1.36. The van der Waals surface area contributed by atoms with Crippen LogP contribution in [0.3, 0.4) is 0 Å². The van der Waals surface area contributed by atoms with E-state index in [1.54, 1.807) is 36.9 Å². The van der Waals surface area contributed by atoms with Crippen LogP contribution in [0.25, 0.3) is 0 Å². The Morgan fingerprint density at radius 2 is 1.95 bits per heavy atom. The fourth-order valence-corrected chi connectivity index (χ4v) is 2.66. The Balaban J connectivity index is 2.04. The summed E-state index contributed by atoms with van der Waals surface area (Å²) in [5.41, 5.74) is 1.40. The average molecular weight is 355 g/mol. The van der Waals surface area contributed by atoms with E-state index in [4.69, 9.17) is 23.2 Å². The summed E-state index contributed by atoms with van der Waals surface area (Å²) < 4.78 is 0. The maximum Gasteiger partial charge on any atom is 0.246 e. The molecule has 0 saturated carbocycles. The molecule has 116 valence electrons. The first-order chi connectivity index (χ1) is 10.5. The van der Waals surface area contributed by atoms with Crippen molar-refractivity contribution in [2.24, 2.45) is 0 Å². The quantitative estimate of drug-likeness (QED) is 0.729. The highest BCUT2D eigenvalue weighted by atomic mass is 35.5. The number of hydrogen-bond acceptors (Lipinski definition) is 3. The maximum atomic E-state index is 12.3. The first-order valence-corrected chi connectivity index (χ1v) is 8.64. The first-order valence-electron chi connectivity index (χ1n) is 6.66. The lowest BCUT2D eigenvalue weighted by Gasteiger charge is -2.16. The van der Waals surface area contributed by atoms with Gasteiger partial charge >= 0.3 is 0 Å². The third kappa shape index (κ3) is 4.57. The number of hydrogen-bond donors (Lipinski definition) is 2. The van der Waals surface area contributed by atoms with Gasteiger partial charge in [0.1, 0.15) is 6.04 Å². The normalized spacial score (nSPS) is 11.8. The zero-order valence-corrected chi connectivity index (χ0v) is 14.5. The van der Waals surface area contributed by atoms with Gasteiger partial charge in [-0.15, -0.1) is 11.8 Å². The van der Waals surface area contributed by atoms with Crippen molar-refractivity contribution in [2.75, 3.05) is 16.9 Å². The summed E-state index contributed by atoms with van der Waals surface area (Å²) in [6.45, 7) is 1.79. The molecule has 0 aromatic heterocycles. The van der Waals surface area contributed by atoms with E-state index in [0.29, 0.717) is 15.7 Å². The second kappa shape index (κ2) is 7.77. The van der Waals surface area contributed by atoms with E-state index in [0.717, 1.165) is 10.6 Å². The average Bonchev–Trinajstić information content (AvgIpc) is 2.51. The van der Waals surface area contributed by atoms with Crippen LogP contribution in [0.2, 0.25) is 10.0 Å².